The standard InChI is InChI=1S/C60H102O29/c1-23(9-13-35(57(4,5)79)87-55-50(89-54-47(77)42(72)38(68)29(20-63)83-54)43(73)39(69)31(85-55)22-80-51-45(75)40(70)36(66)27(18-61)81-51)24-15-16-58(6)32-12-10-25-26(60(32,8)33(65)17-59(24,58)7)11-14-34(56(25,2)3)86-52-48(78)44(74)49(30(21-64)84-52)88-53-46(76)41(71)37(67)28(19-62)82-53/h10,23-24,26-55,61-79H,9,11-22H2,1-8H3/t23-,24-,26-,27?,28?,29?,30?,31?,32+,33-,34+,35-,36-,37-,38-,39-,40+,41+,42+,43+,44-,45?,46?,47?,48?,49-,50?,51-,52+,53+,54+,55+,58+,59-,60+/m1/s1. The SMILES string of the molecule is C[C@H](CC[C@@H](O[C@@H]1OC(CO[C@@H]2OC(CO)[C@@H](O)[C@H](O)C2O)[C@@H](O)[C@H](O)C1O[C@@H]1OC(CO)[C@@H](O)[C@H](O)C1O)C(C)(C)O)[C@H]1CC[C@@]2(C)[C@@H]3CC=C4[C@@H](CC[C@H](O[C@@H]5OC(CO)[C@@H](O[C@@H]6OC(CO)[C@@H](O)[C@H](O)C6O)[C@H](O)C5O)C4(C)C)[C@]3(C)[C@H](O)C[C@]12C. The molecule has 0 aromatic heterocycles. The molecule has 19 N–H and O–H groups in total. The highest BCUT2D eigenvalue weighted by Gasteiger charge is 2.71. The molecule has 8 fully saturated rings. The third-order valence-corrected chi connectivity index (χ3v) is 22.9. The predicted octanol–water partition coefficient (Wildman–Crippen LogP) is -5.41. The van der Waals surface area contributed by atoms with Crippen molar-refractivity contribution in [3.63, 3.8) is 0 Å². The summed E-state index contributed by atoms with van der Waals surface area (Å²) in [5, 5.41) is 205. The number of fused-ring (bicyclic) bond motifs is 5. The van der Waals surface area contributed by atoms with Gasteiger partial charge >= 0.3 is 0 Å². The summed E-state index contributed by atoms with van der Waals surface area (Å²) in [6, 6.07) is 0. The third-order valence-electron chi connectivity index (χ3n) is 22.9. The average Bonchev–Trinajstić information content (AvgIpc) is 1.66. The molecule has 89 heavy (non-hydrogen) atoms. The van der Waals surface area contributed by atoms with Crippen LogP contribution in [0.3, 0.4) is 0 Å². The Labute approximate surface area is 517 Å². The van der Waals surface area contributed by atoms with E-state index in [1.807, 2.05) is 13.8 Å². The summed E-state index contributed by atoms with van der Waals surface area (Å²) < 4.78 is 59.5. The lowest BCUT2D eigenvalue weighted by Gasteiger charge is -2.67. The number of rotatable bonds is 20. The minimum absolute atomic E-state index is 0.0310. The molecule has 0 aromatic rings. The molecule has 29 nitrogen and oxygen atoms in total. The van der Waals surface area contributed by atoms with Gasteiger partial charge in [-0.3, -0.25) is 0 Å². The Morgan fingerprint density at radius 3 is 1.52 bits per heavy atom. The van der Waals surface area contributed by atoms with Crippen LogP contribution >= 0.6 is 0 Å². The summed E-state index contributed by atoms with van der Waals surface area (Å²) in [5.74, 6) is -0.0172. The smallest absolute Gasteiger partial charge is 0.187 e. The predicted molar refractivity (Wildman–Crippen MR) is 300 cm³/mol. The van der Waals surface area contributed by atoms with Crippen molar-refractivity contribution in [3.8, 4) is 0 Å². The molecule has 0 amide bonds. The van der Waals surface area contributed by atoms with Crippen molar-refractivity contribution < 1.29 is 144 Å². The fourth-order valence-electron chi connectivity index (χ4n) is 17.1. The van der Waals surface area contributed by atoms with Crippen LogP contribution in [0.4, 0.5) is 0 Å². The largest absolute Gasteiger partial charge is 0.394 e. The first-order chi connectivity index (χ1) is 41.7. The maximum Gasteiger partial charge on any atom is 0.187 e. The lowest BCUT2D eigenvalue weighted by molar-refractivity contribution is -0.380. The molecule has 0 spiro atoms. The van der Waals surface area contributed by atoms with Gasteiger partial charge in [-0.05, 0) is 99.7 Å². The molecule has 5 aliphatic heterocycles. The molecule has 0 radical (unpaired) electrons. The van der Waals surface area contributed by atoms with E-state index < -0.39 is 227 Å². The molecule has 5 heterocycles. The van der Waals surface area contributed by atoms with E-state index in [0.29, 0.717) is 32.1 Å². The number of hydrogen-bond acceptors (Lipinski definition) is 29. The molecule has 4 aliphatic carbocycles. The molecule has 10 unspecified atom stereocenters. The molecule has 0 bridgehead atoms. The van der Waals surface area contributed by atoms with E-state index in [2.05, 4.69) is 33.8 Å². The lowest BCUT2D eigenvalue weighted by atomic mass is 9.38. The van der Waals surface area contributed by atoms with Crippen molar-refractivity contribution in [3.05, 3.63) is 11.6 Å². The summed E-state index contributed by atoms with van der Waals surface area (Å²) in [4.78, 5) is 0. The zero-order chi connectivity index (χ0) is 65.5. The van der Waals surface area contributed by atoms with Crippen LogP contribution in [0.1, 0.15) is 107 Å². The Kier molecular flexibility index (Phi) is 22.3. The quantitative estimate of drug-likeness (QED) is 0.0506. The molecular formula is C60H102O29. The first-order valence-corrected chi connectivity index (χ1v) is 31.6. The van der Waals surface area contributed by atoms with Gasteiger partial charge in [0, 0.05) is 10.8 Å². The summed E-state index contributed by atoms with van der Waals surface area (Å²) >= 11 is 0. The van der Waals surface area contributed by atoms with Crippen molar-refractivity contribution in [1.29, 1.82) is 0 Å². The van der Waals surface area contributed by atoms with Gasteiger partial charge in [0.2, 0.25) is 0 Å². The minimum atomic E-state index is -1.96. The van der Waals surface area contributed by atoms with Gasteiger partial charge in [0.15, 0.2) is 31.5 Å². The second-order valence-corrected chi connectivity index (χ2v) is 28.7. The minimum Gasteiger partial charge on any atom is -0.394 e. The number of allylic oxidation sites excluding steroid dienone is 1. The van der Waals surface area contributed by atoms with Crippen LogP contribution in [0, 0.1) is 45.3 Å². The van der Waals surface area contributed by atoms with Crippen LogP contribution in [0.25, 0.3) is 0 Å². The molecule has 3 saturated carbocycles. The molecule has 9 rings (SSSR count). The molecule has 5 saturated heterocycles. The highest BCUT2D eigenvalue weighted by Crippen LogP contribution is 2.75. The molecule has 35 atom stereocenters. The van der Waals surface area contributed by atoms with Gasteiger partial charge in [0.05, 0.1) is 56.9 Å². The average molecular weight is 1290 g/mol. The van der Waals surface area contributed by atoms with E-state index in [1.165, 1.54) is 13.8 Å². The Bertz CT molecular complexity index is 2340. The normalized spacial score (nSPS) is 51.8. The second-order valence-electron chi connectivity index (χ2n) is 28.7. The molecular weight excluding hydrogens is 1180 g/mol. The van der Waals surface area contributed by atoms with Crippen LogP contribution in [0.15, 0.2) is 11.6 Å². The van der Waals surface area contributed by atoms with Crippen LogP contribution in [0.2, 0.25) is 0 Å². The Balaban J connectivity index is 0.884. The van der Waals surface area contributed by atoms with Gasteiger partial charge in [0.25, 0.3) is 0 Å². The highest BCUT2D eigenvalue weighted by atomic mass is 16.8. The Morgan fingerprint density at radius 2 is 0.978 bits per heavy atom. The van der Waals surface area contributed by atoms with Crippen molar-refractivity contribution in [2.24, 2.45) is 45.3 Å². The topological polar surface area (TPSA) is 477 Å². The Hall–Kier alpha value is -1.42. The van der Waals surface area contributed by atoms with Gasteiger partial charge in [-0.15, -0.1) is 0 Å². The summed E-state index contributed by atoms with van der Waals surface area (Å²) in [6.07, 6.45) is -37.7. The molecule has 29 heteroatoms. The zero-order valence-electron chi connectivity index (χ0n) is 51.8. The second kappa shape index (κ2) is 27.6. The summed E-state index contributed by atoms with van der Waals surface area (Å²) in [7, 11) is 0. The van der Waals surface area contributed by atoms with Crippen molar-refractivity contribution in [2.45, 2.75) is 284 Å². The van der Waals surface area contributed by atoms with E-state index in [1.54, 1.807) is 0 Å². The van der Waals surface area contributed by atoms with Gasteiger partial charge in [-0.1, -0.05) is 53.2 Å². The third kappa shape index (κ3) is 13.0. The van der Waals surface area contributed by atoms with Crippen molar-refractivity contribution >= 4 is 0 Å². The van der Waals surface area contributed by atoms with Gasteiger partial charge in [0.1, 0.15) is 122 Å². The fraction of sp³-hybridized carbons (Fsp3) is 0.967. The van der Waals surface area contributed by atoms with Gasteiger partial charge in [-0.25, -0.2) is 0 Å². The maximum atomic E-state index is 12.8. The van der Waals surface area contributed by atoms with Crippen molar-refractivity contribution in [1.82, 2.24) is 0 Å². The van der Waals surface area contributed by atoms with Crippen LogP contribution in [0.5, 0.6) is 0 Å². The van der Waals surface area contributed by atoms with E-state index >= 15 is 0 Å². The summed E-state index contributed by atoms with van der Waals surface area (Å²) in [6.45, 7) is 12.3. The maximum absolute atomic E-state index is 12.8. The number of ether oxygens (including phenoxy) is 10. The monoisotopic (exact) mass is 1290 g/mol. The first-order valence-electron chi connectivity index (χ1n) is 31.6. The lowest BCUT2D eigenvalue weighted by Crippen LogP contribution is -2.66. The van der Waals surface area contributed by atoms with E-state index in [-0.39, 0.29) is 35.5 Å². The van der Waals surface area contributed by atoms with E-state index in [9.17, 15) is 97.0 Å². The van der Waals surface area contributed by atoms with Gasteiger partial charge in [-0.2, -0.15) is 0 Å². The van der Waals surface area contributed by atoms with E-state index in [4.69, 9.17) is 47.4 Å². The number of aliphatic hydroxyl groups is 19. The highest BCUT2D eigenvalue weighted by molar-refractivity contribution is 5.32. The van der Waals surface area contributed by atoms with Gasteiger partial charge < -0.3 is 144 Å². The van der Waals surface area contributed by atoms with Crippen LogP contribution < -0.4 is 0 Å². The molecule has 0 aromatic carbocycles. The first kappa shape index (κ1) is 71.9. The summed E-state index contributed by atoms with van der Waals surface area (Å²) in [5.41, 5.74) is -2.49. The number of aliphatic hydroxyl groups excluding tert-OH is 18. The van der Waals surface area contributed by atoms with Crippen LogP contribution in [-0.4, -0.2) is 308 Å². The van der Waals surface area contributed by atoms with E-state index in [0.717, 1.165) is 18.4 Å². The van der Waals surface area contributed by atoms with Crippen LogP contribution in [-0.2, 0) is 47.4 Å². The number of hydrogen-bond donors (Lipinski definition) is 19. The van der Waals surface area contributed by atoms with Crippen molar-refractivity contribution in [2.75, 3.05) is 33.0 Å². The molecule has 9 aliphatic rings. The Morgan fingerprint density at radius 1 is 0.517 bits per heavy atom. The fourth-order valence-corrected chi connectivity index (χ4v) is 17.1. The molecule has 516 valence electrons. The zero-order valence-corrected chi connectivity index (χ0v) is 51.8.